The second-order valence-corrected chi connectivity index (χ2v) is 21.8. The number of aryl methyl sites for hydroxylation is 1. The molecule has 4 aliphatic heterocycles. The summed E-state index contributed by atoms with van der Waals surface area (Å²) in [7, 11) is 2.42. The van der Waals surface area contributed by atoms with Crippen LogP contribution in [0.15, 0.2) is 79.4 Å². The van der Waals surface area contributed by atoms with E-state index in [1.807, 2.05) is 13.8 Å². The van der Waals surface area contributed by atoms with Gasteiger partial charge in [0.05, 0.1) is 45.1 Å². The van der Waals surface area contributed by atoms with Gasteiger partial charge in [-0.3, -0.25) is 9.80 Å². The third kappa shape index (κ3) is 7.19. The molecular formula is C49H59N3O8Si. The zero-order valence-electron chi connectivity index (χ0n) is 36.8. The van der Waals surface area contributed by atoms with Crippen LogP contribution in [-0.2, 0) is 26.7 Å². The lowest BCUT2D eigenvalue weighted by atomic mass is 9.71. The highest BCUT2D eigenvalue weighted by atomic mass is 28.4. The molecule has 4 aromatic carbocycles. The van der Waals surface area contributed by atoms with Crippen LogP contribution in [0.2, 0.25) is 5.04 Å². The van der Waals surface area contributed by atoms with Gasteiger partial charge in [0.15, 0.2) is 29.8 Å². The predicted octanol–water partition coefficient (Wildman–Crippen LogP) is 6.95. The number of hydrogen-bond acceptors (Lipinski definition) is 11. The molecular weight excluding hydrogens is 787 g/mol. The molecule has 4 aliphatic rings. The number of hydrogen-bond donors (Lipinski definition) is 0. The van der Waals surface area contributed by atoms with Crippen molar-refractivity contribution in [3.8, 4) is 34.8 Å². The van der Waals surface area contributed by atoms with Crippen LogP contribution in [-0.4, -0.2) is 97.5 Å². The minimum absolute atomic E-state index is 0.0324. The molecule has 0 aromatic heterocycles. The molecule has 1 saturated heterocycles. The number of piperazine rings is 1. The van der Waals surface area contributed by atoms with Gasteiger partial charge >= 0.3 is 0 Å². The molecule has 61 heavy (non-hydrogen) atoms. The lowest BCUT2D eigenvalue weighted by Crippen LogP contribution is -2.70. The van der Waals surface area contributed by atoms with Gasteiger partial charge in [0.2, 0.25) is 6.79 Å². The molecule has 0 saturated carbocycles. The summed E-state index contributed by atoms with van der Waals surface area (Å²) in [6.45, 7) is 16.5. The van der Waals surface area contributed by atoms with Crippen molar-refractivity contribution < 1.29 is 37.6 Å². The number of nitrogens with zero attached hydrogens (tertiary/aromatic N) is 3. The van der Waals surface area contributed by atoms with Crippen molar-refractivity contribution in [2.45, 2.75) is 82.7 Å². The smallest absolute Gasteiger partial charge is 0.261 e. The van der Waals surface area contributed by atoms with Crippen molar-refractivity contribution in [2.24, 2.45) is 0 Å². The summed E-state index contributed by atoms with van der Waals surface area (Å²) in [5.74, 6) is 3.46. The Kier molecular flexibility index (Phi) is 12.3. The highest BCUT2D eigenvalue weighted by molar-refractivity contribution is 6.99. The maximum absolute atomic E-state index is 11.5. The third-order valence-corrected chi connectivity index (χ3v) is 18.2. The van der Waals surface area contributed by atoms with E-state index in [0.717, 1.165) is 39.1 Å². The number of fused-ring (bicyclic) bond motifs is 9. The average molecular weight is 846 g/mol. The molecule has 8 rings (SSSR count). The molecule has 0 aliphatic carbocycles. The highest BCUT2D eigenvalue weighted by Gasteiger charge is 2.58. The molecule has 12 heteroatoms. The minimum atomic E-state index is -3.06. The van der Waals surface area contributed by atoms with E-state index in [-0.39, 0.29) is 36.7 Å². The molecule has 2 unspecified atom stereocenters. The van der Waals surface area contributed by atoms with E-state index in [0.29, 0.717) is 62.3 Å². The van der Waals surface area contributed by atoms with Crippen LogP contribution < -0.4 is 34.1 Å². The van der Waals surface area contributed by atoms with Crippen molar-refractivity contribution in [1.29, 1.82) is 5.26 Å². The minimum Gasteiger partial charge on any atom is -0.493 e. The number of ether oxygens (including phenoxy) is 7. The number of likely N-dealkylation sites (N-methyl/N-ethyl adjacent to an activating group) is 1. The van der Waals surface area contributed by atoms with Crippen molar-refractivity contribution in [3.05, 3.63) is 113 Å². The number of benzene rings is 4. The van der Waals surface area contributed by atoms with E-state index in [4.69, 9.17) is 37.6 Å². The van der Waals surface area contributed by atoms with E-state index in [1.165, 1.54) is 10.4 Å². The van der Waals surface area contributed by atoms with Crippen molar-refractivity contribution in [1.82, 2.24) is 9.80 Å². The van der Waals surface area contributed by atoms with Crippen LogP contribution in [0.1, 0.15) is 66.2 Å². The van der Waals surface area contributed by atoms with Crippen LogP contribution in [0.4, 0.5) is 0 Å². The SMILES string of the molecule is C=CCOc1c(C)c2c(c3c1CC1C4c5c(cc(C)c(OC)c5OCOCCOC)C[C@H]([C@H](C#N)N1[C@H]3CO[Si](c1ccccc1)(c1ccccc1)C(C)(C)C)N4C)OCO2. The Morgan fingerprint density at radius 2 is 1.57 bits per heavy atom. The summed E-state index contributed by atoms with van der Waals surface area (Å²) < 4.78 is 51.0. The molecule has 322 valence electrons. The number of rotatable bonds is 15. The van der Waals surface area contributed by atoms with Gasteiger partial charge in [-0.25, -0.2) is 0 Å². The maximum atomic E-state index is 11.5. The Morgan fingerprint density at radius 3 is 2.20 bits per heavy atom. The summed E-state index contributed by atoms with van der Waals surface area (Å²) in [4.78, 5) is 4.83. The van der Waals surface area contributed by atoms with E-state index < -0.39 is 20.4 Å². The van der Waals surface area contributed by atoms with Gasteiger partial charge < -0.3 is 37.6 Å². The standard InChI is InChI=1S/C49H59N3O8Si/c1-10-21-56-45-32(3)46-48(59-30-58-46)42-36(45)26-38-43-41-33(24-31(2)44(54-9)47(41)57-29-55-23-22-53-8)25-37(51(43)7)39(27-50)52(38)40(42)28-60-61(49(4,5)6,34-17-13-11-14-18-34)35-19-15-12-16-20-35/h10-20,24,37-40,43H,1,21-23,25-26,28-30H2,2-9H3/t37-,38?,39+,40+,43?/m1/s1. The predicted molar refractivity (Wildman–Crippen MR) is 237 cm³/mol. The molecule has 2 bridgehead atoms. The Morgan fingerprint density at radius 1 is 0.885 bits per heavy atom. The Balaban J connectivity index is 1.35. The fraction of sp³-hybridized carbons (Fsp3) is 0.449. The van der Waals surface area contributed by atoms with Crippen LogP contribution in [0.5, 0.6) is 28.7 Å². The number of methoxy groups -OCH3 is 2. The first-order valence-corrected chi connectivity index (χ1v) is 23.2. The summed E-state index contributed by atoms with van der Waals surface area (Å²) in [6, 6.07) is 25.0. The Hall–Kier alpha value is -4.87. The molecule has 4 heterocycles. The monoisotopic (exact) mass is 845 g/mol. The second-order valence-electron chi connectivity index (χ2n) is 17.5. The molecule has 0 radical (unpaired) electrons. The van der Waals surface area contributed by atoms with Crippen molar-refractivity contribution in [2.75, 3.05) is 61.3 Å². The number of nitriles is 1. The quantitative estimate of drug-likeness (QED) is 0.0538. The Labute approximate surface area is 361 Å². The molecule has 0 amide bonds. The van der Waals surface area contributed by atoms with Gasteiger partial charge in [0.1, 0.15) is 18.4 Å². The van der Waals surface area contributed by atoms with E-state index in [1.54, 1.807) is 20.3 Å². The van der Waals surface area contributed by atoms with Gasteiger partial charge in [0.25, 0.3) is 8.32 Å². The summed E-state index contributed by atoms with van der Waals surface area (Å²) in [5, 5.41) is 13.5. The summed E-state index contributed by atoms with van der Waals surface area (Å²) >= 11 is 0. The first-order valence-electron chi connectivity index (χ1n) is 21.2. The Bertz CT molecular complexity index is 2240. The molecule has 0 spiro atoms. The second kappa shape index (κ2) is 17.5. The van der Waals surface area contributed by atoms with Crippen LogP contribution in [0.3, 0.4) is 0 Å². The van der Waals surface area contributed by atoms with Crippen molar-refractivity contribution >= 4 is 18.7 Å². The molecule has 4 aromatic rings. The largest absolute Gasteiger partial charge is 0.493 e. The molecule has 1 fully saturated rings. The van der Waals surface area contributed by atoms with E-state index in [9.17, 15) is 5.26 Å². The zero-order chi connectivity index (χ0) is 43.1. The van der Waals surface area contributed by atoms with Gasteiger partial charge in [-0.15, -0.1) is 0 Å². The van der Waals surface area contributed by atoms with E-state index >= 15 is 0 Å². The lowest BCUT2D eigenvalue weighted by Gasteiger charge is -2.60. The van der Waals surface area contributed by atoms with Crippen molar-refractivity contribution in [3.63, 3.8) is 0 Å². The zero-order valence-corrected chi connectivity index (χ0v) is 37.8. The van der Waals surface area contributed by atoms with E-state index in [2.05, 4.69) is 117 Å². The van der Waals surface area contributed by atoms with Gasteiger partial charge in [0, 0.05) is 41.4 Å². The normalized spacial score (nSPS) is 21.8. The molecule has 0 N–H and O–H groups in total. The molecule has 5 atom stereocenters. The average Bonchev–Trinajstić information content (AvgIpc) is 3.75. The van der Waals surface area contributed by atoms with Gasteiger partial charge in [-0.1, -0.05) is 100 Å². The topological polar surface area (TPSA) is 104 Å². The lowest BCUT2D eigenvalue weighted by molar-refractivity contribution is -0.0823. The van der Waals surface area contributed by atoms with Crippen LogP contribution >= 0.6 is 0 Å². The van der Waals surface area contributed by atoms with Crippen LogP contribution in [0, 0.1) is 25.2 Å². The first-order chi connectivity index (χ1) is 29.5. The first kappa shape index (κ1) is 42.8. The fourth-order valence-corrected chi connectivity index (χ4v) is 15.3. The molecule has 11 nitrogen and oxygen atoms in total. The van der Waals surface area contributed by atoms with Gasteiger partial charge in [-0.2, -0.15) is 5.26 Å². The summed E-state index contributed by atoms with van der Waals surface area (Å²) in [5.41, 5.74) is 6.03. The van der Waals surface area contributed by atoms with Gasteiger partial charge in [-0.05, 0) is 60.3 Å². The highest BCUT2D eigenvalue weighted by Crippen LogP contribution is 2.59. The third-order valence-electron chi connectivity index (χ3n) is 13.2. The maximum Gasteiger partial charge on any atom is 0.261 e. The van der Waals surface area contributed by atoms with Crippen LogP contribution in [0.25, 0.3) is 0 Å². The summed E-state index contributed by atoms with van der Waals surface area (Å²) in [6.07, 6.45) is 2.97. The fourth-order valence-electron chi connectivity index (χ4n) is 10.7.